The second-order valence-corrected chi connectivity index (χ2v) is 6.12. The van der Waals surface area contributed by atoms with Crippen molar-refractivity contribution < 1.29 is 9.63 Å². The molecule has 0 aliphatic carbocycles. The molecule has 1 N–H and O–H groups in total. The maximum absolute atomic E-state index is 12.4. The van der Waals surface area contributed by atoms with E-state index in [9.17, 15) is 4.79 Å². The third-order valence-electron chi connectivity index (χ3n) is 3.44. The number of carbonyl (C=O) groups is 1. The fraction of sp³-hybridized carbons (Fsp3) is 0.222. The van der Waals surface area contributed by atoms with E-state index in [2.05, 4.69) is 10.5 Å². The van der Waals surface area contributed by atoms with Crippen molar-refractivity contribution in [3.05, 3.63) is 64.1 Å². The number of carbonyl (C=O) groups excluding carboxylic acids is 1. The number of para-hydroxylation sites is 1. The second-order valence-electron chi connectivity index (χ2n) is 5.31. The van der Waals surface area contributed by atoms with Gasteiger partial charge in [-0.3, -0.25) is 4.79 Å². The van der Waals surface area contributed by atoms with Crippen LogP contribution >= 0.6 is 23.2 Å². The van der Waals surface area contributed by atoms with Crippen LogP contribution in [0.15, 0.2) is 53.7 Å². The van der Waals surface area contributed by atoms with Crippen LogP contribution < -0.4 is 5.32 Å². The zero-order valence-electron chi connectivity index (χ0n) is 13.4. The van der Waals surface area contributed by atoms with Gasteiger partial charge in [-0.25, -0.2) is 0 Å². The zero-order valence-corrected chi connectivity index (χ0v) is 14.9. The van der Waals surface area contributed by atoms with E-state index >= 15 is 0 Å². The Balaban J connectivity index is 2.10. The number of hydrogen-bond acceptors (Lipinski definition) is 3. The van der Waals surface area contributed by atoms with Gasteiger partial charge in [0.25, 0.3) is 0 Å². The summed E-state index contributed by atoms with van der Waals surface area (Å²) < 4.78 is 0. The van der Waals surface area contributed by atoms with E-state index < -0.39 is 0 Å². The van der Waals surface area contributed by atoms with E-state index in [1.54, 1.807) is 18.2 Å². The molecule has 6 heteroatoms. The minimum atomic E-state index is -0.298. The average molecular weight is 365 g/mol. The second kappa shape index (κ2) is 8.71. The number of oxime groups is 1. The first-order valence-electron chi connectivity index (χ1n) is 7.42. The molecule has 24 heavy (non-hydrogen) atoms. The van der Waals surface area contributed by atoms with Crippen molar-refractivity contribution in [1.82, 2.24) is 0 Å². The molecule has 0 bridgehead atoms. The number of nitrogens with zero attached hydrogens (tertiary/aromatic N) is 1. The molecule has 1 unspecified atom stereocenters. The number of nitrogens with one attached hydrogen (secondary N) is 1. The van der Waals surface area contributed by atoms with Crippen molar-refractivity contribution in [2.24, 2.45) is 11.1 Å². The summed E-state index contributed by atoms with van der Waals surface area (Å²) in [6, 6.07) is 14.5. The molecule has 0 radical (unpaired) electrons. The van der Waals surface area contributed by atoms with E-state index in [-0.39, 0.29) is 11.8 Å². The lowest BCUT2D eigenvalue weighted by Gasteiger charge is -2.14. The Hall–Kier alpha value is -2.04. The lowest BCUT2D eigenvalue weighted by molar-refractivity contribution is -0.119. The molecule has 0 fully saturated rings. The van der Waals surface area contributed by atoms with Crippen molar-refractivity contribution in [2.75, 3.05) is 12.4 Å². The summed E-state index contributed by atoms with van der Waals surface area (Å²) in [6.45, 7) is 1.83. The molecule has 2 rings (SSSR count). The van der Waals surface area contributed by atoms with Crippen LogP contribution in [0.5, 0.6) is 0 Å². The predicted molar refractivity (Wildman–Crippen MR) is 98.9 cm³/mol. The van der Waals surface area contributed by atoms with Gasteiger partial charge in [-0.1, -0.05) is 59.5 Å². The number of amides is 1. The van der Waals surface area contributed by atoms with Crippen LogP contribution in [0.1, 0.15) is 18.9 Å². The number of halogens is 2. The third kappa shape index (κ3) is 4.98. The van der Waals surface area contributed by atoms with Gasteiger partial charge in [0.2, 0.25) is 5.91 Å². The Kier molecular flexibility index (Phi) is 6.64. The molecular formula is C18H18Cl2N2O2. The van der Waals surface area contributed by atoms with E-state index in [1.807, 2.05) is 37.3 Å². The fourth-order valence-corrected chi connectivity index (χ4v) is 2.46. The highest BCUT2D eigenvalue weighted by Gasteiger charge is 2.18. The van der Waals surface area contributed by atoms with Crippen LogP contribution in [0.3, 0.4) is 0 Å². The van der Waals surface area contributed by atoms with Crippen LogP contribution in [-0.2, 0) is 9.63 Å². The lowest BCUT2D eigenvalue weighted by atomic mass is 9.98. The first-order valence-corrected chi connectivity index (χ1v) is 8.18. The molecule has 0 saturated carbocycles. The van der Waals surface area contributed by atoms with Gasteiger partial charge in [0, 0.05) is 23.6 Å². The smallest absolute Gasteiger partial charge is 0.227 e. The van der Waals surface area contributed by atoms with Gasteiger partial charge < -0.3 is 10.2 Å². The van der Waals surface area contributed by atoms with Crippen molar-refractivity contribution >= 4 is 40.5 Å². The van der Waals surface area contributed by atoms with Crippen LogP contribution in [0, 0.1) is 5.92 Å². The first-order chi connectivity index (χ1) is 11.5. The Morgan fingerprint density at radius 2 is 1.88 bits per heavy atom. The zero-order chi connectivity index (χ0) is 17.5. The number of hydrogen-bond donors (Lipinski definition) is 1. The fourth-order valence-electron chi connectivity index (χ4n) is 2.16. The SMILES string of the molecule is CO/N=C(/CC(C)C(=O)Nc1ccccc1)c1ccc(Cl)c(Cl)c1. The number of benzene rings is 2. The molecule has 1 amide bonds. The molecule has 126 valence electrons. The molecule has 0 spiro atoms. The molecule has 4 nitrogen and oxygen atoms in total. The highest BCUT2D eigenvalue weighted by Crippen LogP contribution is 2.24. The van der Waals surface area contributed by atoms with Gasteiger partial charge >= 0.3 is 0 Å². The summed E-state index contributed by atoms with van der Waals surface area (Å²) in [6.07, 6.45) is 0.407. The molecule has 0 saturated heterocycles. The van der Waals surface area contributed by atoms with Crippen molar-refractivity contribution in [3.8, 4) is 0 Å². The van der Waals surface area contributed by atoms with Gasteiger partial charge in [0.15, 0.2) is 0 Å². The summed E-state index contributed by atoms with van der Waals surface area (Å²) in [5.74, 6) is -0.390. The van der Waals surface area contributed by atoms with Crippen molar-refractivity contribution in [3.63, 3.8) is 0 Å². The van der Waals surface area contributed by atoms with E-state index in [4.69, 9.17) is 28.0 Å². The van der Waals surface area contributed by atoms with Crippen molar-refractivity contribution in [1.29, 1.82) is 0 Å². The highest BCUT2D eigenvalue weighted by molar-refractivity contribution is 6.42. The first kappa shape index (κ1) is 18.3. The highest BCUT2D eigenvalue weighted by atomic mass is 35.5. The van der Waals surface area contributed by atoms with Gasteiger partial charge in [0.05, 0.1) is 15.8 Å². The largest absolute Gasteiger partial charge is 0.399 e. The normalized spacial score (nSPS) is 12.6. The monoisotopic (exact) mass is 364 g/mol. The van der Waals surface area contributed by atoms with E-state index in [0.717, 1.165) is 11.3 Å². The number of rotatable bonds is 6. The predicted octanol–water partition coefficient (Wildman–Crippen LogP) is 5.01. The summed E-state index contributed by atoms with van der Waals surface area (Å²) >= 11 is 12.0. The molecule has 2 aromatic carbocycles. The Morgan fingerprint density at radius 3 is 2.50 bits per heavy atom. The maximum atomic E-state index is 12.4. The molecule has 1 atom stereocenters. The van der Waals surface area contributed by atoms with Gasteiger partial charge in [-0.15, -0.1) is 0 Å². The minimum absolute atomic E-state index is 0.0925. The maximum Gasteiger partial charge on any atom is 0.227 e. The van der Waals surface area contributed by atoms with Crippen LogP contribution in [0.2, 0.25) is 10.0 Å². The van der Waals surface area contributed by atoms with Crippen molar-refractivity contribution in [2.45, 2.75) is 13.3 Å². The lowest BCUT2D eigenvalue weighted by Crippen LogP contribution is -2.23. The van der Waals surface area contributed by atoms with Gasteiger partial charge in [-0.05, 0) is 24.3 Å². The number of anilines is 1. The summed E-state index contributed by atoms with van der Waals surface area (Å²) in [5.41, 5.74) is 2.16. The molecule has 0 aromatic heterocycles. The molecule has 2 aromatic rings. The van der Waals surface area contributed by atoms with Gasteiger partial charge in [0.1, 0.15) is 7.11 Å². The topological polar surface area (TPSA) is 50.7 Å². The van der Waals surface area contributed by atoms with E-state index in [0.29, 0.717) is 22.2 Å². The molecule has 0 aliphatic rings. The molecular weight excluding hydrogens is 347 g/mol. The summed E-state index contributed by atoms with van der Waals surface area (Å²) in [4.78, 5) is 17.3. The van der Waals surface area contributed by atoms with Crippen LogP contribution in [0.25, 0.3) is 0 Å². The van der Waals surface area contributed by atoms with E-state index in [1.165, 1.54) is 7.11 Å². The Labute approximate surface area is 151 Å². The average Bonchev–Trinajstić information content (AvgIpc) is 2.57. The Morgan fingerprint density at radius 1 is 1.17 bits per heavy atom. The Bertz CT molecular complexity index is 733. The van der Waals surface area contributed by atoms with Crippen LogP contribution in [-0.4, -0.2) is 18.7 Å². The molecule has 0 heterocycles. The van der Waals surface area contributed by atoms with Gasteiger partial charge in [-0.2, -0.15) is 0 Å². The third-order valence-corrected chi connectivity index (χ3v) is 4.18. The summed E-state index contributed by atoms with van der Waals surface area (Å²) in [7, 11) is 1.46. The van der Waals surface area contributed by atoms with Crippen LogP contribution in [0.4, 0.5) is 5.69 Å². The summed E-state index contributed by atoms with van der Waals surface area (Å²) in [5, 5.41) is 7.80. The quantitative estimate of drug-likeness (QED) is 0.578. The minimum Gasteiger partial charge on any atom is -0.399 e. The standard InChI is InChI=1S/C18H18Cl2N2O2/c1-12(18(23)21-14-6-4-3-5-7-14)10-17(22-24-2)13-8-9-15(19)16(20)11-13/h3-9,11-12H,10H2,1-2H3,(H,21,23)/b22-17-. The molecule has 0 aliphatic heterocycles.